The predicted molar refractivity (Wildman–Crippen MR) is 64.6 cm³/mol. The molecule has 5 nitrogen and oxygen atoms in total. The molecule has 0 saturated carbocycles. The highest BCUT2D eigenvalue weighted by Gasteiger charge is 2.07. The first-order valence-corrected chi connectivity index (χ1v) is 7.81. The number of aromatic nitrogens is 2. The highest BCUT2D eigenvalue weighted by molar-refractivity contribution is 9.10. The lowest BCUT2D eigenvalue weighted by atomic mass is 10.7. The molecule has 2 N–H and O–H groups in total. The lowest BCUT2D eigenvalue weighted by Crippen LogP contribution is -2.05. The number of rotatable bonds is 4. The summed E-state index contributed by atoms with van der Waals surface area (Å²) in [5.74, 6) is 0.752. The summed E-state index contributed by atoms with van der Waals surface area (Å²) < 4.78 is 22.5. The van der Waals surface area contributed by atoms with Crippen molar-refractivity contribution in [2.75, 3.05) is 23.5 Å². The van der Waals surface area contributed by atoms with Gasteiger partial charge in [0.15, 0.2) is 0 Å². The minimum absolute atomic E-state index is 0.119. The highest BCUT2D eigenvalue weighted by atomic mass is 79.9. The summed E-state index contributed by atoms with van der Waals surface area (Å²) in [5, 5.41) is 0.658. The Morgan fingerprint density at radius 3 is 2.87 bits per heavy atom. The Bertz CT molecular complexity index is 450. The van der Waals surface area contributed by atoms with Crippen LogP contribution in [0.3, 0.4) is 0 Å². The monoisotopic (exact) mass is 311 g/mol. The van der Waals surface area contributed by atoms with Gasteiger partial charge in [-0.3, -0.25) is 0 Å². The molecule has 0 unspecified atom stereocenters. The standard InChI is InChI=1S/C7H10BrN3O2S2/c1-15(12,13)3-2-14-6-5(8)4-10-7(9)11-6/h4H,2-3H2,1H3,(H2,9,10,11). The summed E-state index contributed by atoms with van der Waals surface area (Å²) in [4.78, 5) is 7.76. The van der Waals surface area contributed by atoms with Gasteiger partial charge >= 0.3 is 0 Å². The van der Waals surface area contributed by atoms with E-state index in [9.17, 15) is 8.42 Å². The van der Waals surface area contributed by atoms with Crippen molar-refractivity contribution in [2.24, 2.45) is 0 Å². The molecule has 0 aliphatic heterocycles. The molecule has 0 radical (unpaired) electrons. The molecule has 1 aromatic heterocycles. The van der Waals surface area contributed by atoms with Gasteiger partial charge in [0.05, 0.1) is 10.2 Å². The number of hydrogen-bond acceptors (Lipinski definition) is 6. The first kappa shape index (κ1) is 12.7. The van der Waals surface area contributed by atoms with Crippen LogP contribution in [-0.2, 0) is 9.84 Å². The zero-order valence-corrected chi connectivity index (χ0v) is 11.2. The Balaban J connectivity index is 2.61. The first-order chi connectivity index (χ1) is 6.88. The average molecular weight is 312 g/mol. The maximum Gasteiger partial charge on any atom is 0.221 e. The van der Waals surface area contributed by atoms with Crippen LogP contribution in [0.2, 0.25) is 0 Å². The summed E-state index contributed by atoms with van der Waals surface area (Å²) in [5.41, 5.74) is 5.41. The predicted octanol–water partition coefficient (Wildman–Crippen LogP) is 0.958. The van der Waals surface area contributed by atoms with Crippen LogP contribution in [-0.4, -0.2) is 36.1 Å². The molecule has 0 fully saturated rings. The van der Waals surface area contributed by atoms with Crippen molar-refractivity contribution in [1.29, 1.82) is 0 Å². The quantitative estimate of drug-likeness (QED) is 0.658. The van der Waals surface area contributed by atoms with Gasteiger partial charge in [0.1, 0.15) is 14.9 Å². The molecule has 0 saturated heterocycles. The van der Waals surface area contributed by atoms with Crippen LogP contribution < -0.4 is 5.73 Å². The fourth-order valence-electron chi connectivity index (χ4n) is 0.755. The van der Waals surface area contributed by atoms with Crippen molar-refractivity contribution in [2.45, 2.75) is 5.03 Å². The largest absolute Gasteiger partial charge is 0.368 e. The number of anilines is 1. The second-order valence-corrected chi connectivity index (χ2v) is 7.06. The molecule has 1 rings (SSSR count). The van der Waals surface area contributed by atoms with E-state index in [0.29, 0.717) is 10.8 Å². The number of hydrogen-bond donors (Lipinski definition) is 1. The third-order valence-electron chi connectivity index (χ3n) is 1.42. The normalized spacial score (nSPS) is 11.6. The molecule has 15 heavy (non-hydrogen) atoms. The van der Waals surface area contributed by atoms with E-state index in [4.69, 9.17) is 5.73 Å². The molecule has 8 heteroatoms. The van der Waals surface area contributed by atoms with Crippen molar-refractivity contribution < 1.29 is 8.42 Å². The van der Waals surface area contributed by atoms with Crippen molar-refractivity contribution in [1.82, 2.24) is 9.97 Å². The molecule has 0 atom stereocenters. The summed E-state index contributed by atoms with van der Waals surface area (Å²) in [6, 6.07) is 0. The van der Waals surface area contributed by atoms with E-state index in [1.807, 2.05) is 0 Å². The fourth-order valence-corrected chi connectivity index (χ4v) is 3.38. The van der Waals surface area contributed by atoms with Crippen molar-refractivity contribution in [3.8, 4) is 0 Å². The van der Waals surface area contributed by atoms with Gasteiger partial charge in [-0.25, -0.2) is 18.4 Å². The van der Waals surface area contributed by atoms with Crippen LogP contribution in [0.4, 0.5) is 5.95 Å². The van der Waals surface area contributed by atoms with E-state index in [-0.39, 0.29) is 11.7 Å². The topological polar surface area (TPSA) is 85.9 Å². The molecular formula is C7H10BrN3O2S2. The summed E-state index contributed by atoms with van der Waals surface area (Å²) in [7, 11) is -2.93. The minimum Gasteiger partial charge on any atom is -0.368 e. The lowest BCUT2D eigenvalue weighted by molar-refractivity contribution is 0.603. The molecular weight excluding hydrogens is 302 g/mol. The van der Waals surface area contributed by atoms with Crippen LogP contribution in [0.1, 0.15) is 0 Å². The average Bonchev–Trinajstić information content (AvgIpc) is 2.09. The van der Waals surface area contributed by atoms with E-state index in [0.717, 1.165) is 4.47 Å². The maximum absolute atomic E-state index is 10.9. The number of nitrogen functional groups attached to an aromatic ring is 1. The Hall–Kier alpha value is -0.340. The van der Waals surface area contributed by atoms with Crippen molar-refractivity contribution in [3.05, 3.63) is 10.7 Å². The fraction of sp³-hybridized carbons (Fsp3) is 0.429. The third kappa shape index (κ3) is 4.80. The third-order valence-corrected chi connectivity index (χ3v) is 4.46. The van der Waals surface area contributed by atoms with Gasteiger partial charge in [-0.05, 0) is 15.9 Å². The Morgan fingerprint density at radius 2 is 2.27 bits per heavy atom. The second-order valence-electron chi connectivity index (χ2n) is 2.86. The van der Waals surface area contributed by atoms with E-state index in [1.54, 1.807) is 6.20 Å². The molecule has 1 aromatic rings. The number of sulfone groups is 1. The lowest BCUT2D eigenvalue weighted by Gasteiger charge is -2.02. The number of thioether (sulfide) groups is 1. The highest BCUT2D eigenvalue weighted by Crippen LogP contribution is 2.25. The van der Waals surface area contributed by atoms with E-state index in [1.165, 1.54) is 18.0 Å². The van der Waals surface area contributed by atoms with Crippen LogP contribution in [0.15, 0.2) is 15.7 Å². The van der Waals surface area contributed by atoms with Gasteiger partial charge in [-0.2, -0.15) is 0 Å². The SMILES string of the molecule is CS(=O)(=O)CCSc1nc(N)ncc1Br. The molecule has 0 bridgehead atoms. The van der Waals surface area contributed by atoms with Crippen LogP contribution >= 0.6 is 27.7 Å². The molecule has 84 valence electrons. The number of halogens is 1. The Kier molecular flexibility index (Phi) is 4.35. The van der Waals surface area contributed by atoms with Crippen LogP contribution in [0, 0.1) is 0 Å². The van der Waals surface area contributed by atoms with Gasteiger partial charge in [-0.1, -0.05) is 0 Å². The number of nitrogens with two attached hydrogens (primary N) is 1. The van der Waals surface area contributed by atoms with Gasteiger partial charge in [0.25, 0.3) is 0 Å². The van der Waals surface area contributed by atoms with Crippen molar-refractivity contribution in [3.63, 3.8) is 0 Å². The zero-order valence-electron chi connectivity index (χ0n) is 7.97. The van der Waals surface area contributed by atoms with Gasteiger partial charge in [-0.15, -0.1) is 11.8 Å². The number of nitrogens with zero attached hydrogens (tertiary/aromatic N) is 2. The zero-order chi connectivity index (χ0) is 11.5. The summed E-state index contributed by atoms with van der Waals surface area (Å²) in [6.07, 6.45) is 2.75. The molecule has 0 spiro atoms. The molecule has 0 aromatic carbocycles. The van der Waals surface area contributed by atoms with Gasteiger partial charge < -0.3 is 5.73 Å². The van der Waals surface area contributed by atoms with Crippen LogP contribution in [0.5, 0.6) is 0 Å². The first-order valence-electron chi connectivity index (χ1n) is 3.97. The minimum atomic E-state index is -2.93. The van der Waals surface area contributed by atoms with E-state index < -0.39 is 9.84 Å². The molecule has 1 heterocycles. The Morgan fingerprint density at radius 1 is 1.60 bits per heavy atom. The second kappa shape index (κ2) is 5.13. The van der Waals surface area contributed by atoms with Crippen LogP contribution in [0.25, 0.3) is 0 Å². The Labute approximate surface area is 101 Å². The van der Waals surface area contributed by atoms with Crippen molar-refractivity contribution >= 4 is 43.5 Å². The van der Waals surface area contributed by atoms with Gasteiger partial charge in [0.2, 0.25) is 5.95 Å². The maximum atomic E-state index is 10.9. The van der Waals surface area contributed by atoms with E-state index >= 15 is 0 Å². The molecule has 0 aliphatic rings. The molecule has 0 amide bonds. The smallest absolute Gasteiger partial charge is 0.221 e. The summed E-state index contributed by atoms with van der Waals surface area (Å²) in [6.45, 7) is 0. The van der Waals surface area contributed by atoms with Gasteiger partial charge in [0, 0.05) is 18.2 Å². The summed E-state index contributed by atoms with van der Waals surface area (Å²) >= 11 is 4.59. The van der Waals surface area contributed by atoms with E-state index in [2.05, 4.69) is 25.9 Å². The molecule has 0 aliphatic carbocycles.